The minimum Gasteiger partial charge on any atom is -0.397 e. The molecule has 0 spiro atoms. The van der Waals surface area contributed by atoms with Gasteiger partial charge in [-0.1, -0.05) is 24.3 Å². The van der Waals surface area contributed by atoms with Crippen LogP contribution < -0.4 is 11.1 Å². The van der Waals surface area contributed by atoms with Gasteiger partial charge in [0.05, 0.1) is 17.4 Å². The van der Waals surface area contributed by atoms with Gasteiger partial charge in [0, 0.05) is 6.04 Å². The van der Waals surface area contributed by atoms with Crippen LogP contribution in [0.15, 0.2) is 36.5 Å². The molecule has 1 unspecified atom stereocenters. The Morgan fingerprint density at radius 1 is 1.30 bits per heavy atom. The summed E-state index contributed by atoms with van der Waals surface area (Å²) in [5.41, 5.74) is 9.48. The fourth-order valence-electron chi connectivity index (χ4n) is 2.70. The number of aryl methyl sites for hydroxylation is 1. The second kappa shape index (κ2) is 5.22. The topological polar surface area (TPSA) is 74.7 Å². The lowest BCUT2D eigenvalue weighted by molar-refractivity contribution is 0.608. The smallest absolute Gasteiger partial charge is 0.144 e. The van der Waals surface area contributed by atoms with E-state index in [2.05, 4.69) is 40.6 Å². The van der Waals surface area contributed by atoms with Gasteiger partial charge in [0.15, 0.2) is 0 Å². The lowest BCUT2D eigenvalue weighted by Crippen LogP contribution is -2.28. The fourth-order valence-corrected chi connectivity index (χ4v) is 2.70. The molecule has 3 N–H and O–H groups in total. The number of anilines is 2. The molecule has 1 aliphatic rings. The quantitative estimate of drug-likeness (QED) is 0.874. The maximum Gasteiger partial charge on any atom is 0.144 e. The minimum atomic E-state index is 0.313. The highest BCUT2D eigenvalue weighted by atomic mass is 15.0. The Balaban J connectivity index is 1.79. The van der Waals surface area contributed by atoms with Crippen LogP contribution in [0.25, 0.3) is 0 Å². The van der Waals surface area contributed by atoms with E-state index in [1.165, 1.54) is 11.1 Å². The summed E-state index contributed by atoms with van der Waals surface area (Å²) in [6, 6.07) is 12.6. The Bertz CT molecular complexity index is 672. The van der Waals surface area contributed by atoms with E-state index in [9.17, 15) is 0 Å². The first kappa shape index (κ1) is 12.5. The first-order chi connectivity index (χ1) is 9.76. The lowest BCUT2D eigenvalue weighted by Gasteiger charge is -2.26. The molecule has 100 valence electrons. The number of nitrogens with zero attached hydrogens (tertiary/aromatic N) is 2. The van der Waals surface area contributed by atoms with Crippen LogP contribution in [0.3, 0.4) is 0 Å². The predicted octanol–water partition coefficient (Wildman–Crippen LogP) is 2.50. The number of benzene rings is 1. The largest absolute Gasteiger partial charge is 0.397 e. The molecular weight excluding hydrogens is 248 g/mol. The van der Waals surface area contributed by atoms with Gasteiger partial charge in [0.2, 0.25) is 0 Å². The van der Waals surface area contributed by atoms with Crippen molar-refractivity contribution in [2.24, 2.45) is 0 Å². The molecular formula is C16H16N4. The molecule has 20 heavy (non-hydrogen) atoms. The van der Waals surface area contributed by atoms with Gasteiger partial charge < -0.3 is 11.1 Å². The van der Waals surface area contributed by atoms with Crippen molar-refractivity contribution in [3.8, 4) is 6.07 Å². The number of nitriles is 1. The molecule has 4 heteroatoms. The van der Waals surface area contributed by atoms with Crippen LogP contribution >= 0.6 is 0 Å². The SMILES string of the molecule is N#Cc1cc(N)cnc1NC1CCc2ccccc2C1. The predicted molar refractivity (Wildman–Crippen MR) is 79.2 cm³/mol. The van der Waals surface area contributed by atoms with Crippen molar-refractivity contribution in [2.45, 2.75) is 25.3 Å². The Labute approximate surface area is 118 Å². The summed E-state index contributed by atoms with van der Waals surface area (Å²) >= 11 is 0. The molecule has 1 heterocycles. The molecule has 0 amide bonds. The highest BCUT2D eigenvalue weighted by Crippen LogP contribution is 2.24. The van der Waals surface area contributed by atoms with E-state index < -0.39 is 0 Å². The van der Waals surface area contributed by atoms with Crippen LogP contribution in [0, 0.1) is 11.3 Å². The molecule has 4 nitrogen and oxygen atoms in total. The Hall–Kier alpha value is -2.54. The standard InChI is InChI=1S/C16H16N4/c17-9-13-7-14(18)10-19-16(13)20-15-6-5-11-3-1-2-4-12(11)8-15/h1-4,7,10,15H,5-6,8,18H2,(H,19,20). The van der Waals surface area contributed by atoms with Gasteiger partial charge in [-0.15, -0.1) is 0 Å². The Morgan fingerprint density at radius 3 is 2.90 bits per heavy atom. The summed E-state index contributed by atoms with van der Waals surface area (Å²) in [7, 11) is 0. The number of aromatic nitrogens is 1. The summed E-state index contributed by atoms with van der Waals surface area (Å²) in [4.78, 5) is 4.24. The molecule has 1 aromatic heterocycles. The number of fused-ring (bicyclic) bond motifs is 1. The second-order valence-corrected chi connectivity index (χ2v) is 5.13. The average Bonchev–Trinajstić information content (AvgIpc) is 2.49. The van der Waals surface area contributed by atoms with Crippen LogP contribution in [0.5, 0.6) is 0 Å². The summed E-state index contributed by atoms with van der Waals surface area (Å²) in [5, 5.41) is 12.5. The zero-order valence-electron chi connectivity index (χ0n) is 11.1. The molecule has 0 bridgehead atoms. The van der Waals surface area contributed by atoms with Crippen molar-refractivity contribution in [1.29, 1.82) is 5.26 Å². The van der Waals surface area contributed by atoms with E-state index in [0.29, 0.717) is 23.1 Å². The molecule has 0 saturated heterocycles. The van der Waals surface area contributed by atoms with Gasteiger partial charge in [0.25, 0.3) is 0 Å². The molecule has 0 radical (unpaired) electrons. The van der Waals surface area contributed by atoms with Crippen LogP contribution in [0.4, 0.5) is 11.5 Å². The normalized spacial score (nSPS) is 17.1. The highest BCUT2D eigenvalue weighted by molar-refractivity contribution is 5.58. The van der Waals surface area contributed by atoms with Gasteiger partial charge in [0.1, 0.15) is 11.9 Å². The van der Waals surface area contributed by atoms with E-state index in [4.69, 9.17) is 11.0 Å². The van der Waals surface area contributed by atoms with Crippen LogP contribution in [-0.4, -0.2) is 11.0 Å². The third-order valence-electron chi connectivity index (χ3n) is 3.72. The van der Waals surface area contributed by atoms with Crippen molar-refractivity contribution in [1.82, 2.24) is 4.98 Å². The van der Waals surface area contributed by atoms with Crippen molar-refractivity contribution >= 4 is 11.5 Å². The van der Waals surface area contributed by atoms with Gasteiger partial charge in [-0.05, 0) is 36.5 Å². The molecule has 3 rings (SSSR count). The Kier molecular flexibility index (Phi) is 3.26. The van der Waals surface area contributed by atoms with Gasteiger partial charge in [-0.3, -0.25) is 0 Å². The van der Waals surface area contributed by atoms with E-state index in [1.54, 1.807) is 12.3 Å². The van der Waals surface area contributed by atoms with Crippen LogP contribution in [0.2, 0.25) is 0 Å². The monoisotopic (exact) mass is 264 g/mol. The first-order valence-electron chi connectivity index (χ1n) is 6.75. The third kappa shape index (κ3) is 2.43. The number of hydrogen-bond acceptors (Lipinski definition) is 4. The fraction of sp³-hybridized carbons (Fsp3) is 0.250. The zero-order chi connectivity index (χ0) is 13.9. The molecule has 0 aliphatic heterocycles. The summed E-state index contributed by atoms with van der Waals surface area (Å²) in [6.07, 6.45) is 4.66. The molecule has 0 saturated carbocycles. The summed E-state index contributed by atoms with van der Waals surface area (Å²) in [6.45, 7) is 0. The number of nitrogens with two attached hydrogens (primary N) is 1. The van der Waals surface area contributed by atoms with Crippen molar-refractivity contribution in [3.63, 3.8) is 0 Å². The summed E-state index contributed by atoms with van der Waals surface area (Å²) in [5.74, 6) is 0.631. The van der Waals surface area contributed by atoms with Crippen molar-refractivity contribution in [3.05, 3.63) is 53.2 Å². The van der Waals surface area contributed by atoms with Crippen molar-refractivity contribution < 1.29 is 0 Å². The van der Waals surface area contributed by atoms with E-state index in [0.717, 1.165) is 19.3 Å². The molecule has 1 aliphatic carbocycles. The van der Waals surface area contributed by atoms with Gasteiger partial charge >= 0.3 is 0 Å². The Morgan fingerprint density at radius 2 is 2.10 bits per heavy atom. The number of pyridine rings is 1. The second-order valence-electron chi connectivity index (χ2n) is 5.13. The number of nitrogen functional groups attached to an aromatic ring is 1. The van der Waals surface area contributed by atoms with E-state index in [-0.39, 0.29) is 0 Å². The van der Waals surface area contributed by atoms with Crippen LogP contribution in [-0.2, 0) is 12.8 Å². The average molecular weight is 264 g/mol. The number of nitrogens with one attached hydrogen (secondary N) is 1. The van der Waals surface area contributed by atoms with Crippen LogP contribution in [0.1, 0.15) is 23.1 Å². The molecule has 1 atom stereocenters. The highest BCUT2D eigenvalue weighted by Gasteiger charge is 2.19. The number of rotatable bonds is 2. The maximum absolute atomic E-state index is 9.14. The zero-order valence-corrected chi connectivity index (χ0v) is 11.1. The van der Waals surface area contributed by atoms with Gasteiger partial charge in [-0.2, -0.15) is 5.26 Å². The molecule has 1 aromatic carbocycles. The van der Waals surface area contributed by atoms with E-state index in [1.807, 2.05) is 0 Å². The molecule has 0 fully saturated rings. The lowest BCUT2D eigenvalue weighted by atomic mass is 9.88. The van der Waals surface area contributed by atoms with E-state index >= 15 is 0 Å². The molecule has 2 aromatic rings. The maximum atomic E-state index is 9.14. The van der Waals surface area contributed by atoms with Gasteiger partial charge in [-0.25, -0.2) is 4.98 Å². The summed E-state index contributed by atoms with van der Waals surface area (Å²) < 4.78 is 0. The third-order valence-corrected chi connectivity index (χ3v) is 3.72. The van der Waals surface area contributed by atoms with Crippen molar-refractivity contribution in [2.75, 3.05) is 11.1 Å². The first-order valence-corrected chi connectivity index (χ1v) is 6.75. The number of hydrogen-bond donors (Lipinski definition) is 2. The minimum absolute atomic E-state index is 0.313.